The molecule has 1 aliphatic carbocycles. The third kappa shape index (κ3) is 6.03. The first-order valence-electron chi connectivity index (χ1n) is 12.5. The molecule has 36 heavy (non-hydrogen) atoms. The van der Waals surface area contributed by atoms with Crippen LogP contribution < -0.4 is 19.7 Å². The largest absolute Gasteiger partial charge is 0.497 e. The van der Waals surface area contributed by atoms with Gasteiger partial charge in [-0.2, -0.15) is 0 Å². The minimum Gasteiger partial charge on any atom is -0.497 e. The summed E-state index contributed by atoms with van der Waals surface area (Å²) < 4.78 is 11.0. The van der Waals surface area contributed by atoms with Crippen molar-refractivity contribution in [3.8, 4) is 11.5 Å². The van der Waals surface area contributed by atoms with Crippen molar-refractivity contribution in [3.05, 3.63) is 84.2 Å². The highest BCUT2D eigenvalue weighted by atomic mass is 16.5. The lowest BCUT2D eigenvalue weighted by molar-refractivity contribution is -0.123. The molecule has 2 amide bonds. The molecule has 3 aromatic rings. The Bertz CT molecular complexity index is 1140. The Morgan fingerprint density at radius 3 is 2.44 bits per heavy atom. The van der Waals surface area contributed by atoms with Crippen molar-refractivity contribution in [1.29, 1.82) is 0 Å². The summed E-state index contributed by atoms with van der Waals surface area (Å²) in [4.78, 5) is 33.7. The molecule has 1 aromatic heterocycles. The number of methoxy groups -OCH3 is 1. The highest BCUT2D eigenvalue weighted by molar-refractivity contribution is 6.09. The van der Waals surface area contributed by atoms with E-state index in [4.69, 9.17) is 9.47 Å². The molecule has 1 aliphatic rings. The Hall–Kier alpha value is -3.87. The molecule has 1 N–H and O–H groups in total. The monoisotopic (exact) mass is 487 g/mol. The van der Waals surface area contributed by atoms with Crippen molar-refractivity contribution < 1.29 is 19.1 Å². The highest BCUT2D eigenvalue weighted by Crippen LogP contribution is 2.33. The molecule has 2 aromatic carbocycles. The third-order valence-electron chi connectivity index (χ3n) is 6.40. The molecule has 0 unspecified atom stereocenters. The molecule has 7 heteroatoms. The number of benzene rings is 2. The molecule has 1 fully saturated rings. The number of anilines is 1. The first kappa shape index (κ1) is 25.2. The molecule has 7 nitrogen and oxygen atoms in total. The van der Waals surface area contributed by atoms with E-state index >= 15 is 0 Å². The average molecular weight is 488 g/mol. The molecule has 1 heterocycles. The van der Waals surface area contributed by atoms with Crippen LogP contribution in [0.4, 0.5) is 5.69 Å². The fourth-order valence-corrected chi connectivity index (χ4v) is 4.62. The molecule has 0 aliphatic heterocycles. The van der Waals surface area contributed by atoms with Crippen molar-refractivity contribution in [2.45, 2.75) is 51.1 Å². The Morgan fingerprint density at radius 1 is 1.00 bits per heavy atom. The maximum atomic E-state index is 14.0. The van der Waals surface area contributed by atoms with Crippen LogP contribution in [0.5, 0.6) is 11.5 Å². The lowest BCUT2D eigenvalue weighted by atomic mass is 9.94. The lowest BCUT2D eigenvalue weighted by Crippen LogP contribution is -2.47. The third-order valence-corrected chi connectivity index (χ3v) is 6.40. The summed E-state index contributed by atoms with van der Waals surface area (Å²) in [5, 5.41) is 3.23. The van der Waals surface area contributed by atoms with E-state index in [0.29, 0.717) is 29.4 Å². The molecule has 4 rings (SSSR count). The molecule has 0 bridgehead atoms. The predicted molar refractivity (Wildman–Crippen MR) is 139 cm³/mol. The number of aromatic nitrogens is 1. The topological polar surface area (TPSA) is 80.8 Å². The number of ether oxygens (including phenoxy) is 2. The van der Waals surface area contributed by atoms with Crippen molar-refractivity contribution in [3.63, 3.8) is 0 Å². The Kier molecular flexibility index (Phi) is 8.55. The molecular weight excluding hydrogens is 454 g/mol. The lowest BCUT2D eigenvalue weighted by Gasteiger charge is -2.33. The zero-order valence-electron chi connectivity index (χ0n) is 20.9. The summed E-state index contributed by atoms with van der Waals surface area (Å²) in [6, 6.07) is 18.9. The number of carbonyl (C=O) groups is 2. The van der Waals surface area contributed by atoms with Gasteiger partial charge >= 0.3 is 0 Å². The maximum Gasteiger partial charge on any atom is 0.277 e. The van der Waals surface area contributed by atoms with Crippen LogP contribution >= 0.6 is 0 Å². The van der Waals surface area contributed by atoms with Gasteiger partial charge in [0, 0.05) is 24.0 Å². The van der Waals surface area contributed by atoms with Crippen LogP contribution in [0.25, 0.3) is 0 Å². The summed E-state index contributed by atoms with van der Waals surface area (Å²) in [7, 11) is 1.60. The minimum atomic E-state index is -0.913. The van der Waals surface area contributed by atoms with Gasteiger partial charge in [-0.3, -0.25) is 19.5 Å². The number of hydrogen-bond acceptors (Lipinski definition) is 5. The number of rotatable bonds is 9. The summed E-state index contributed by atoms with van der Waals surface area (Å²) in [5.41, 5.74) is 1.48. The van der Waals surface area contributed by atoms with Gasteiger partial charge in [0.15, 0.2) is 0 Å². The van der Waals surface area contributed by atoms with E-state index in [0.717, 1.165) is 25.7 Å². The van der Waals surface area contributed by atoms with Crippen molar-refractivity contribution in [1.82, 2.24) is 10.3 Å². The van der Waals surface area contributed by atoms with E-state index < -0.39 is 6.04 Å². The van der Waals surface area contributed by atoms with E-state index in [9.17, 15) is 9.59 Å². The minimum absolute atomic E-state index is 0.0913. The standard InChI is InChI=1S/C29H33N3O4/c1-3-36-25-13-9-12-23(20-25)32(29(34)26-14-7-8-19-30-26)27(21-15-17-24(35-2)18-16-21)28(33)31-22-10-5-4-6-11-22/h7-9,12-20,22,27H,3-6,10-11H2,1-2H3,(H,31,33)/t27-/m1/s1. The van der Waals surface area contributed by atoms with Crippen LogP contribution in [-0.2, 0) is 4.79 Å². The molecule has 0 saturated heterocycles. The molecule has 0 spiro atoms. The van der Waals surface area contributed by atoms with E-state index in [1.54, 1.807) is 49.7 Å². The van der Waals surface area contributed by atoms with Crippen LogP contribution in [-0.4, -0.2) is 36.6 Å². The van der Waals surface area contributed by atoms with E-state index in [1.165, 1.54) is 11.3 Å². The van der Waals surface area contributed by atoms with Gasteiger partial charge < -0.3 is 14.8 Å². The number of amides is 2. The van der Waals surface area contributed by atoms with E-state index in [2.05, 4.69) is 10.3 Å². The summed E-state index contributed by atoms with van der Waals surface area (Å²) >= 11 is 0. The predicted octanol–water partition coefficient (Wildman–Crippen LogP) is 5.33. The molecule has 188 valence electrons. The van der Waals surface area contributed by atoms with Gasteiger partial charge in [-0.1, -0.05) is 43.5 Å². The van der Waals surface area contributed by atoms with Crippen molar-refractivity contribution >= 4 is 17.5 Å². The van der Waals surface area contributed by atoms with Gasteiger partial charge in [-0.25, -0.2) is 0 Å². The second-order valence-electron chi connectivity index (χ2n) is 8.84. The Balaban J connectivity index is 1.81. The van der Waals surface area contributed by atoms with Gasteiger partial charge in [0.2, 0.25) is 5.91 Å². The molecular formula is C29H33N3O4. The second kappa shape index (κ2) is 12.2. The summed E-state index contributed by atoms with van der Waals surface area (Å²) in [6.45, 7) is 2.39. The van der Waals surface area contributed by atoms with Gasteiger partial charge in [0.1, 0.15) is 23.2 Å². The number of nitrogens with zero attached hydrogens (tertiary/aromatic N) is 2. The SMILES string of the molecule is CCOc1cccc(N(C(=O)c2ccccn2)[C@@H](C(=O)NC2CCCCC2)c2ccc(OC)cc2)c1. The normalized spacial score (nSPS) is 14.5. The molecule has 1 atom stereocenters. The Morgan fingerprint density at radius 2 is 1.78 bits per heavy atom. The van der Waals surface area contributed by atoms with Gasteiger partial charge in [0.25, 0.3) is 5.91 Å². The molecule has 0 radical (unpaired) electrons. The number of nitrogens with one attached hydrogen (secondary N) is 1. The number of pyridine rings is 1. The quantitative estimate of drug-likeness (QED) is 0.442. The average Bonchev–Trinajstić information content (AvgIpc) is 2.93. The zero-order valence-corrected chi connectivity index (χ0v) is 20.9. The Labute approximate surface area is 212 Å². The maximum absolute atomic E-state index is 14.0. The van der Waals surface area contributed by atoms with Crippen molar-refractivity contribution in [2.75, 3.05) is 18.6 Å². The van der Waals surface area contributed by atoms with Crippen LogP contribution in [0.15, 0.2) is 72.9 Å². The van der Waals surface area contributed by atoms with Crippen LogP contribution in [0, 0.1) is 0 Å². The fraction of sp³-hybridized carbons (Fsp3) is 0.345. The second-order valence-corrected chi connectivity index (χ2v) is 8.84. The first-order chi connectivity index (χ1) is 17.6. The van der Waals surface area contributed by atoms with E-state index in [-0.39, 0.29) is 23.6 Å². The van der Waals surface area contributed by atoms with Gasteiger partial charge in [-0.15, -0.1) is 0 Å². The number of carbonyl (C=O) groups excluding carboxylic acids is 2. The highest BCUT2D eigenvalue weighted by Gasteiger charge is 2.35. The number of hydrogen-bond donors (Lipinski definition) is 1. The van der Waals surface area contributed by atoms with Crippen LogP contribution in [0.3, 0.4) is 0 Å². The molecule has 1 saturated carbocycles. The fourth-order valence-electron chi connectivity index (χ4n) is 4.62. The van der Waals surface area contributed by atoms with Crippen molar-refractivity contribution in [2.24, 2.45) is 0 Å². The summed E-state index contributed by atoms with van der Waals surface area (Å²) in [5.74, 6) is 0.697. The smallest absolute Gasteiger partial charge is 0.277 e. The van der Waals surface area contributed by atoms with Gasteiger partial charge in [-0.05, 0) is 61.7 Å². The summed E-state index contributed by atoms with van der Waals surface area (Å²) in [6.07, 6.45) is 6.82. The van der Waals surface area contributed by atoms with Crippen LogP contribution in [0.1, 0.15) is 61.1 Å². The van der Waals surface area contributed by atoms with Crippen LogP contribution in [0.2, 0.25) is 0 Å². The van der Waals surface area contributed by atoms with Gasteiger partial charge in [0.05, 0.1) is 13.7 Å². The zero-order chi connectivity index (χ0) is 25.3. The first-order valence-corrected chi connectivity index (χ1v) is 12.5. The van der Waals surface area contributed by atoms with E-state index in [1.807, 2.05) is 37.3 Å².